The molecule has 2 aromatic carbocycles. The Kier molecular flexibility index (Phi) is 4.44. The molecule has 0 radical (unpaired) electrons. The Bertz CT molecular complexity index is 1340. The highest BCUT2D eigenvalue weighted by molar-refractivity contribution is 7.10. The molecule has 0 saturated heterocycles. The van der Waals surface area contributed by atoms with Crippen LogP contribution in [0.2, 0.25) is 0 Å². The number of fused-ring (bicyclic) bond motifs is 1. The van der Waals surface area contributed by atoms with E-state index in [0.29, 0.717) is 21.9 Å². The van der Waals surface area contributed by atoms with Crippen LogP contribution in [0.3, 0.4) is 0 Å². The smallest absolute Gasteiger partial charge is 0.294 e. The van der Waals surface area contributed by atoms with Crippen LogP contribution in [-0.2, 0) is 4.79 Å². The van der Waals surface area contributed by atoms with Crippen LogP contribution in [-0.4, -0.2) is 16.8 Å². The fourth-order valence-corrected chi connectivity index (χ4v) is 4.53. The summed E-state index contributed by atoms with van der Waals surface area (Å²) in [5.74, 6) is -4.29. The van der Waals surface area contributed by atoms with Crippen molar-refractivity contribution in [3.05, 3.63) is 99.6 Å². The lowest BCUT2D eigenvalue weighted by Crippen LogP contribution is -2.31. The van der Waals surface area contributed by atoms with Crippen LogP contribution >= 0.6 is 11.3 Å². The first-order chi connectivity index (χ1) is 15.0. The van der Waals surface area contributed by atoms with Crippen LogP contribution in [0.25, 0.3) is 11.0 Å². The first kappa shape index (κ1) is 19.2. The fraction of sp³-hybridized carbons (Fsp3) is 0.0435. The molecule has 154 valence electrons. The molecule has 1 unspecified atom stereocenters. The molecule has 4 aromatic rings. The lowest BCUT2D eigenvalue weighted by atomic mass is 10.00. The zero-order valence-electron chi connectivity index (χ0n) is 15.7. The Morgan fingerprint density at radius 2 is 1.87 bits per heavy atom. The van der Waals surface area contributed by atoms with E-state index in [9.17, 15) is 23.5 Å². The SMILES string of the molecule is O=C(C1=C(O)C(=O)N(c2ccc(F)cc2F)C1c1cccs1)c1cc2ccccc2o1. The Balaban J connectivity index is 1.66. The van der Waals surface area contributed by atoms with Gasteiger partial charge in [0.05, 0.1) is 11.3 Å². The Labute approximate surface area is 178 Å². The van der Waals surface area contributed by atoms with Gasteiger partial charge in [-0.15, -0.1) is 11.3 Å². The number of hydrogen-bond donors (Lipinski definition) is 1. The molecule has 0 aliphatic carbocycles. The molecule has 8 heteroatoms. The predicted octanol–water partition coefficient (Wildman–Crippen LogP) is 5.56. The molecule has 1 aliphatic rings. The number of carbonyl (C=O) groups excluding carboxylic acids is 2. The number of Topliss-reactive ketones (excluding diaryl/α,β-unsaturated/α-hetero) is 1. The molecule has 0 saturated carbocycles. The Morgan fingerprint density at radius 1 is 1.06 bits per heavy atom. The maximum absolute atomic E-state index is 14.6. The van der Waals surface area contributed by atoms with Gasteiger partial charge in [0.15, 0.2) is 11.5 Å². The predicted molar refractivity (Wildman–Crippen MR) is 111 cm³/mol. The van der Waals surface area contributed by atoms with E-state index in [4.69, 9.17) is 4.42 Å². The molecule has 3 heterocycles. The van der Waals surface area contributed by atoms with Gasteiger partial charge in [0.25, 0.3) is 5.91 Å². The van der Waals surface area contributed by atoms with Crippen LogP contribution in [0.15, 0.2) is 81.8 Å². The van der Waals surface area contributed by atoms with Crippen LogP contribution < -0.4 is 4.90 Å². The number of amides is 1. The zero-order chi connectivity index (χ0) is 21.7. The minimum Gasteiger partial charge on any atom is -0.503 e. The van der Waals surface area contributed by atoms with Gasteiger partial charge in [-0.1, -0.05) is 24.3 Å². The largest absolute Gasteiger partial charge is 0.503 e. The third-order valence-electron chi connectivity index (χ3n) is 5.08. The van der Waals surface area contributed by atoms with Gasteiger partial charge in [-0.25, -0.2) is 8.78 Å². The van der Waals surface area contributed by atoms with E-state index in [1.165, 1.54) is 17.4 Å². The average Bonchev–Trinajstić information content (AvgIpc) is 3.47. The number of carbonyl (C=O) groups is 2. The second-order valence-corrected chi connectivity index (χ2v) is 7.91. The average molecular weight is 437 g/mol. The number of ketones is 1. The van der Waals surface area contributed by atoms with Gasteiger partial charge in [0.1, 0.15) is 23.3 Å². The van der Waals surface area contributed by atoms with Crippen LogP contribution in [0.4, 0.5) is 14.5 Å². The summed E-state index contributed by atoms with van der Waals surface area (Å²) in [5, 5.41) is 13.1. The normalized spacial score (nSPS) is 16.5. The second kappa shape index (κ2) is 7.17. The van der Waals surface area contributed by atoms with Gasteiger partial charge < -0.3 is 9.52 Å². The molecule has 1 N–H and O–H groups in total. The van der Waals surface area contributed by atoms with E-state index in [2.05, 4.69) is 0 Å². The van der Waals surface area contributed by atoms with Crippen molar-refractivity contribution in [2.24, 2.45) is 0 Å². The summed E-state index contributed by atoms with van der Waals surface area (Å²) < 4.78 is 33.6. The van der Waals surface area contributed by atoms with Gasteiger partial charge in [0, 0.05) is 16.3 Å². The summed E-state index contributed by atoms with van der Waals surface area (Å²) in [7, 11) is 0. The van der Waals surface area contributed by atoms with Gasteiger partial charge in [-0.2, -0.15) is 0 Å². The molecule has 31 heavy (non-hydrogen) atoms. The molecule has 1 atom stereocenters. The quantitative estimate of drug-likeness (QED) is 0.425. The number of anilines is 1. The maximum atomic E-state index is 14.6. The summed E-state index contributed by atoms with van der Waals surface area (Å²) in [6, 6.07) is 13.6. The van der Waals surface area contributed by atoms with E-state index in [0.717, 1.165) is 17.0 Å². The zero-order valence-corrected chi connectivity index (χ0v) is 16.5. The standard InChI is InChI=1S/C23H13F2NO4S/c24-13-7-8-15(14(25)11-13)26-20(18-6-3-9-31-18)19(22(28)23(26)29)21(27)17-10-12-4-1-2-5-16(12)30-17/h1-11,20,28H. The van der Waals surface area contributed by atoms with Crippen molar-refractivity contribution in [1.82, 2.24) is 0 Å². The highest BCUT2D eigenvalue weighted by atomic mass is 32.1. The lowest BCUT2D eigenvalue weighted by molar-refractivity contribution is -0.117. The Morgan fingerprint density at radius 3 is 2.58 bits per heavy atom. The topological polar surface area (TPSA) is 70.8 Å². The third kappa shape index (κ3) is 3.03. The summed E-state index contributed by atoms with van der Waals surface area (Å²) >= 11 is 1.23. The molecule has 1 amide bonds. The highest BCUT2D eigenvalue weighted by Gasteiger charge is 2.46. The molecular weight excluding hydrogens is 424 g/mol. The Hall–Kier alpha value is -3.78. The van der Waals surface area contributed by atoms with Crippen molar-refractivity contribution < 1.29 is 27.9 Å². The van der Waals surface area contributed by atoms with Crippen LogP contribution in [0.5, 0.6) is 0 Å². The monoisotopic (exact) mass is 437 g/mol. The first-order valence-corrected chi connectivity index (χ1v) is 10.1. The molecule has 0 spiro atoms. The summed E-state index contributed by atoms with van der Waals surface area (Å²) in [6.45, 7) is 0. The second-order valence-electron chi connectivity index (χ2n) is 6.93. The molecule has 2 aromatic heterocycles. The van der Waals surface area contributed by atoms with Crippen molar-refractivity contribution in [3.8, 4) is 0 Å². The number of benzene rings is 2. The van der Waals surface area contributed by atoms with Gasteiger partial charge >= 0.3 is 0 Å². The summed E-state index contributed by atoms with van der Waals surface area (Å²) in [5.41, 5.74) is 0.00311. The lowest BCUT2D eigenvalue weighted by Gasteiger charge is -2.25. The molecule has 0 bridgehead atoms. The number of para-hydroxylation sites is 1. The first-order valence-electron chi connectivity index (χ1n) is 9.24. The molecular formula is C23H13F2NO4S. The maximum Gasteiger partial charge on any atom is 0.294 e. The van der Waals surface area contributed by atoms with Crippen LogP contribution in [0, 0.1) is 11.6 Å². The number of rotatable bonds is 4. The van der Waals surface area contributed by atoms with Crippen molar-refractivity contribution in [2.75, 3.05) is 4.90 Å². The number of aliphatic hydroxyl groups is 1. The molecule has 1 aliphatic heterocycles. The summed E-state index contributed by atoms with van der Waals surface area (Å²) in [4.78, 5) is 27.8. The molecule has 5 nitrogen and oxygen atoms in total. The molecule has 5 rings (SSSR count). The van der Waals surface area contributed by atoms with Gasteiger partial charge in [-0.3, -0.25) is 14.5 Å². The third-order valence-corrected chi connectivity index (χ3v) is 6.01. The molecule has 0 fully saturated rings. The number of halogens is 2. The van der Waals surface area contributed by atoms with Crippen molar-refractivity contribution >= 4 is 39.7 Å². The van der Waals surface area contributed by atoms with E-state index >= 15 is 0 Å². The number of furan rings is 1. The van der Waals surface area contributed by atoms with Gasteiger partial charge in [-0.05, 0) is 35.7 Å². The van der Waals surface area contributed by atoms with Gasteiger partial charge in [0.2, 0.25) is 5.78 Å². The number of nitrogens with zero attached hydrogens (tertiary/aromatic N) is 1. The number of thiophene rings is 1. The van der Waals surface area contributed by atoms with E-state index in [-0.39, 0.29) is 17.0 Å². The minimum absolute atomic E-state index is 0.0569. The van der Waals surface area contributed by atoms with E-state index in [1.54, 1.807) is 41.8 Å². The van der Waals surface area contributed by atoms with E-state index in [1.807, 2.05) is 0 Å². The highest BCUT2D eigenvalue weighted by Crippen LogP contribution is 2.44. The van der Waals surface area contributed by atoms with Crippen molar-refractivity contribution in [1.29, 1.82) is 0 Å². The number of aliphatic hydroxyl groups excluding tert-OH is 1. The summed E-state index contributed by atoms with van der Waals surface area (Å²) in [6.07, 6.45) is 0. The van der Waals surface area contributed by atoms with E-state index < -0.39 is 35.1 Å². The fourth-order valence-electron chi connectivity index (χ4n) is 3.70. The van der Waals surface area contributed by atoms with Crippen molar-refractivity contribution in [2.45, 2.75) is 6.04 Å². The minimum atomic E-state index is -1.09. The van der Waals surface area contributed by atoms with Crippen molar-refractivity contribution in [3.63, 3.8) is 0 Å². The van der Waals surface area contributed by atoms with Crippen LogP contribution in [0.1, 0.15) is 21.5 Å². The number of hydrogen-bond acceptors (Lipinski definition) is 5.